The van der Waals surface area contributed by atoms with Gasteiger partial charge in [-0.1, -0.05) is 18.5 Å². The maximum Gasteiger partial charge on any atom is 0.224 e. The van der Waals surface area contributed by atoms with Gasteiger partial charge in [0.2, 0.25) is 5.91 Å². The van der Waals surface area contributed by atoms with Crippen molar-refractivity contribution in [3.05, 3.63) is 34.2 Å². The largest absolute Gasteiger partial charge is 0.356 e. The second-order valence-electron chi connectivity index (χ2n) is 5.03. The van der Waals surface area contributed by atoms with Crippen molar-refractivity contribution in [3.8, 4) is 0 Å². The van der Waals surface area contributed by atoms with Crippen molar-refractivity contribution >= 4 is 49.7 Å². The van der Waals surface area contributed by atoms with E-state index in [0.29, 0.717) is 18.0 Å². The Morgan fingerprint density at radius 1 is 1.48 bits per heavy atom. The lowest BCUT2D eigenvalue weighted by molar-refractivity contribution is -0.120. The number of benzene rings is 1. The molecule has 0 fully saturated rings. The molecule has 3 nitrogen and oxygen atoms in total. The average molecular weight is 344 g/mol. The fourth-order valence-electron chi connectivity index (χ4n) is 2.01. The van der Waals surface area contributed by atoms with Gasteiger partial charge in [-0.05, 0) is 40.9 Å². The predicted octanol–water partition coefficient (Wildman–Crippen LogP) is 3.37. The van der Waals surface area contributed by atoms with E-state index in [9.17, 15) is 9.00 Å². The van der Waals surface area contributed by atoms with Crippen LogP contribution in [0.2, 0.25) is 5.02 Å². The predicted molar refractivity (Wildman–Crippen MR) is 91.7 cm³/mol. The van der Waals surface area contributed by atoms with Gasteiger partial charge in [0.1, 0.15) is 0 Å². The molecule has 2 rings (SSSR count). The number of carbonyl (C=O) groups is 1. The highest BCUT2D eigenvalue weighted by Crippen LogP contribution is 2.28. The van der Waals surface area contributed by atoms with Crippen LogP contribution in [-0.2, 0) is 22.0 Å². The number of nitrogens with one attached hydrogen (secondary N) is 1. The summed E-state index contributed by atoms with van der Waals surface area (Å²) in [4.78, 5) is 12.0. The van der Waals surface area contributed by atoms with Gasteiger partial charge >= 0.3 is 0 Å². The third kappa shape index (κ3) is 4.53. The highest BCUT2D eigenvalue weighted by atomic mass is 35.5. The van der Waals surface area contributed by atoms with E-state index in [1.165, 1.54) is 0 Å². The summed E-state index contributed by atoms with van der Waals surface area (Å²) in [5.41, 5.74) is 1.00. The molecular formula is C15H18ClNO2S2. The Hall–Kier alpha value is -0.910. The van der Waals surface area contributed by atoms with E-state index < -0.39 is 10.8 Å². The Labute approximate surface area is 136 Å². The minimum absolute atomic E-state index is 0.0104. The van der Waals surface area contributed by atoms with Gasteiger partial charge in [0.05, 0.1) is 6.42 Å². The second kappa shape index (κ2) is 7.38. The van der Waals surface area contributed by atoms with Crippen LogP contribution in [0, 0.1) is 0 Å². The molecule has 0 spiro atoms. The van der Waals surface area contributed by atoms with Crippen LogP contribution >= 0.6 is 22.9 Å². The normalized spacial score (nSPS) is 14.0. The van der Waals surface area contributed by atoms with Crippen molar-refractivity contribution < 1.29 is 9.00 Å². The first-order chi connectivity index (χ1) is 9.97. The second-order valence-corrected chi connectivity index (χ2v) is 8.18. The summed E-state index contributed by atoms with van der Waals surface area (Å²) in [6, 6.07) is 5.73. The Morgan fingerprint density at radius 3 is 2.95 bits per heavy atom. The Kier molecular flexibility index (Phi) is 5.79. The molecule has 0 bridgehead atoms. The molecule has 0 aliphatic heterocycles. The van der Waals surface area contributed by atoms with Crippen molar-refractivity contribution in [2.24, 2.45) is 0 Å². The number of amides is 1. The summed E-state index contributed by atoms with van der Waals surface area (Å²) >= 11 is 7.63. The van der Waals surface area contributed by atoms with E-state index in [1.54, 1.807) is 17.6 Å². The van der Waals surface area contributed by atoms with E-state index in [0.717, 1.165) is 22.1 Å². The van der Waals surface area contributed by atoms with Crippen LogP contribution in [-0.4, -0.2) is 28.2 Å². The third-order valence-corrected chi connectivity index (χ3v) is 6.02. The number of fused-ring (bicyclic) bond motifs is 1. The summed E-state index contributed by atoms with van der Waals surface area (Å²) in [5, 5.41) is 6.72. The van der Waals surface area contributed by atoms with Gasteiger partial charge in [-0.15, -0.1) is 11.3 Å². The first-order valence-electron chi connectivity index (χ1n) is 6.72. The smallest absolute Gasteiger partial charge is 0.224 e. The van der Waals surface area contributed by atoms with Gasteiger partial charge in [-0.3, -0.25) is 9.00 Å². The monoisotopic (exact) mass is 343 g/mol. The fourth-order valence-corrected chi connectivity index (χ4v) is 3.57. The van der Waals surface area contributed by atoms with Gasteiger partial charge in [0, 0.05) is 38.6 Å². The molecule has 0 aliphatic rings. The number of halogens is 1. The van der Waals surface area contributed by atoms with E-state index in [-0.39, 0.29) is 11.2 Å². The minimum atomic E-state index is -0.842. The van der Waals surface area contributed by atoms with E-state index in [1.807, 2.05) is 30.5 Å². The number of carbonyl (C=O) groups excluding carboxylic acids is 1. The quantitative estimate of drug-likeness (QED) is 0.874. The molecule has 0 saturated carbocycles. The number of rotatable bonds is 6. The standard InChI is InChI=1S/C15H18ClNO2S2/c1-10(21(2)19)5-6-17-15(18)7-11-9-20-14-4-3-12(16)8-13(11)14/h3-4,8-10H,5-7H2,1-2H3,(H,17,18)/t10-,21+/m0/s1. The van der Waals surface area contributed by atoms with E-state index in [2.05, 4.69) is 5.32 Å². The molecule has 1 N–H and O–H groups in total. The maximum atomic E-state index is 12.0. The summed E-state index contributed by atoms with van der Waals surface area (Å²) in [5.74, 6) is -0.0104. The number of thiophene rings is 1. The van der Waals surface area contributed by atoms with Crippen LogP contribution in [0.4, 0.5) is 0 Å². The van der Waals surface area contributed by atoms with Crippen LogP contribution in [0.3, 0.4) is 0 Å². The molecule has 0 aliphatic carbocycles. The molecular weight excluding hydrogens is 326 g/mol. The van der Waals surface area contributed by atoms with Gasteiger partial charge in [-0.25, -0.2) is 0 Å². The van der Waals surface area contributed by atoms with Gasteiger partial charge in [0.15, 0.2) is 0 Å². The molecule has 6 heteroatoms. The van der Waals surface area contributed by atoms with Gasteiger partial charge in [0.25, 0.3) is 0 Å². The van der Waals surface area contributed by atoms with E-state index in [4.69, 9.17) is 11.6 Å². The Morgan fingerprint density at radius 2 is 2.24 bits per heavy atom. The fraction of sp³-hybridized carbons (Fsp3) is 0.400. The SMILES string of the molecule is C[C@@H](CCNC(=O)Cc1csc2ccc(Cl)cc12)[S@@](C)=O. The Bertz CT molecular complexity index is 669. The van der Waals surface area contributed by atoms with Gasteiger partial charge in [-0.2, -0.15) is 0 Å². The first kappa shape index (κ1) is 16.5. The summed E-state index contributed by atoms with van der Waals surface area (Å²) in [6.45, 7) is 2.49. The minimum Gasteiger partial charge on any atom is -0.356 e. The molecule has 0 saturated heterocycles. The maximum absolute atomic E-state index is 12.0. The zero-order valence-corrected chi connectivity index (χ0v) is 14.4. The molecule has 21 heavy (non-hydrogen) atoms. The van der Waals surface area contributed by atoms with Gasteiger partial charge < -0.3 is 5.32 Å². The van der Waals surface area contributed by atoms with Crippen LogP contribution in [0.25, 0.3) is 10.1 Å². The van der Waals surface area contributed by atoms with Crippen LogP contribution in [0.1, 0.15) is 18.9 Å². The molecule has 2 aromatic rings. The van der Waals surface area contributed by atoms with E-state index >= 15 is 0 Å². The van der Waals surface area contributed by atoms with Crippen molar-refractivity contribution in [2.75, 3.05) is 12.8 Å². The summed E-state index contributed by atoms with van der Waals surface area (Å²) in [6.07, 6.45) is 2.77. The van der Waals surface area contributed by atoms with Crippen molar-refractivity contribution in [1.29, 1.82) is 0 Å². The zero-order chi connectivity index (χ0) is 15.4. The molecule has 1 amide bonds. The third-order valence-electron chi connectivity index (χ3n) is 3.41. The lowest BCUT2D eigenvalue weighted by Crippen LogP contribution is -2.28. The topological polar surface area (TPSA) is 46.2 Å². The summed E-state index contributed by atoms with van der Waals surface area (Å²) in [7, 11) is -0.842. The van der Waals surface area contributed by atoms with Crippen molar-refractivity contribution in [1.82, 2.24) is 5.32 Å². The molecule has 0 unspecified atom stereocenters. The average Bonchev–Trinajstić information content (AvgIpc) is 2.81. The van der Waals surface area contributed by atoms with Crippen LogP contribution in [0.15, 0.2) is 23.6 Å². The molecule has 2 atom stereocenters. The van der Waals surface area contributed by atoms with Crippen LogP contribution in [0.5, 0.6) is 0 Å². The molecule has 1 aromatic carbocycles. The highest BCUT2D eigenvalue weighted by molar-refractivity contribution is 7.84. The molecule has 0 radical (unpaired) electrons. The Balaban J connectivity index is 1.92. The van der Waals surface area contributed by atoms with Crippen molar-refractivity contribution in [3.63, 3.8) is 0 Å². The molecule has 1 aromatic heterocycles. The number of hydrogen-bond donors (Lipinski definition) is 1. The lowest BCUT2D eigenvalue weighted by Gasteiger charge is -2.09. The number of hydrogen-bond acceptors (Lipinski definition) is 3. The first-order valence-corrected chi connectivity index (χ1v) is 9.60. The van der Waals surface area contributed by atoms with Crippen LogP contribution < -0.4 is 5.32 Å². The summed E-state index contributed by atoms with van der Waals surface area (Å²) < 4.78 is 12.4. The lowest BCUT2D eigenvalue weighted by atomic mass is 10.1. The van der Waals surface area contributed by atoms with Crippen molar-refractivity contribution in [2.45, 2.75) is 25.0 Å². The molecule has 1 heterocycles. The molecule has 114 valence electrons. The zero-order valence-electron chi connectivity index (χ0n) is 12.0. The highest BCUT2D eigenvalue weighted by Gasteiger charge is 2.11.